The third-order valence-corrected chi connectivity index (χ3v) is 3.77. The number of nitrogens with one attached hydrogen (secondary N) is 1. The molecule has 0 aliphatic carbocycles. The van der Waals surface area contributed by atoms with Gasteiger partial charge in [-0.15, -0.1) is 0 Å². The Hall–Kier alpha value is -0.730. The van der Waals surface area contributed by atoms with Crippen LogP contribution in [0, 0.1) is 0 Å². The predicted molar refractivity (Wildman–Crippen MR) is 81.4 cm³/mol. The minimum absolute atomic E-state index is 0.809. The topological polar surface area (TPSA) is 21.3 Å². The maximum absolute atomic E-state index is 6.16. The lowest BCUT2D eigenvalue weighted by Gasteiger charge is -2.09. The zero-order chi connectivity index (χ0) is 13.5. The molecule has 19 heavy (non-hydrogen) atoms. The molecule has 1 aromatic carbocycles. The molecule has 1 N–H and O–H groups in total. The second-order valence-electron chi connectivity index (χ2n) is 5.21. The largest absolute Gasteiger partial charge is 0.493 e. The molecule has 2 nitrogen and oxygen atoms in total. The summed E-state index contributed by atoms with van der Waals surface area (Å²) in [5.74, 6) is 1.11. The Kier molecular flexibility index (Phi) is 5.99. The van der Waals surface area contributed by atoms with Gasteiger partial charge in [-0.2, -0.15) is 0 Å². The predicted octanol–water partition coefficient (Wildman–Crippen LogP) is 3.99. The van der Waals surface area contributed by atoms with Gasteiger partial charge in [-0.25, -0.2) is 0 Å². The molecule has 3 heteroatoms. The summed E-state index contributed by atoms with van der Waals surface area (Å²) >= 11 is 6.16. The van der Waals surface area contributed by atoms with Gasteiger partial charge in [0.2, 0.25) is 0 Å². The molecule has 0 saturated carbocycles. The van der Waals surface area contributed by atoms with Crippen molar-refractivity contribution >= 4 is 11.6 Å². The van der Waals surface area contributed by atoms with Crippen LogP contribution in [0.2, 0.25) is 5.02 Å². The monoisotopic (exact) mass is 281 g/mol. The first-order chi connectivity index (χ1) is 9.31. The van der Waals surface area contributed by atoms with Crippen LogP contribution in [-0.4, -0.2) is 19.7 Å². The number of ether oxygens (including phenoxy) is 1. The van der Waals surface area contributed by atoms with Gasteiger partial charge in [-0.05, 0) is 62.0 Å². The number of fused-ring (bicyclic) bond motifs is 1. The van der Waals surface area contributed by atoms with E-state index in [9.17, 15) is 0 Å². The van der Waals surface area contributed by atoms with Gasteiger partial charge in [0.05, 0.1) is 6.61 Å². The lowest BCUT2D eigenvalue weighted by molar-refractivity contribution is 0.353. The number of unbranched alkanes of at least 4 members (excludes halogenated alkanes) is 2. The zero-order valence-corrected chi connectivity index (χ0v) is 12.6. The SMILES string of the molecule is CCCNCCCCCc1cc(Cl)cc2c1OCC2. The molecule has 0 spiro atoms. The second kappa shape index (κ2) is 7.76. The normalized spacial score (nSPS) is 13.4. The van der Waals surface area contributed by atoms with Crippen molar-refractivity contribution in [2.24, 2.45) is 0 Å². The molecule has 1 aliphatic heterocycles. The van der Waals surface area contributed by atoms with E-state index in [0.717, 1.165) is 43.3 Å². The lowest BCUT2D eigenvalue weighted by atomic mass is 10.0. The fraction of sp³-hybridized carbons (Fsp3) is 0.625. The Morgan fingerprint density at radius 3 is 2.95 bits per heavy atom. The van der Waals surface area contributed by atoms with E-state index in [0.29, 0.717) is 0 Å². The van der Waals surface area contributed by atoms with Gasteiger partial charge >= 0.3 is 0 Å². The molecule has 106 valence electrons. The molecule has 0 fully saturated rings. The van der Waals surface area contributed by atoms with Crippen LogP contribution in [0.3, 0.4) is 0 Å². The number of hydrogen-bond acceptors (Lipinski definition) is 2. The first kappa shape index (κ1) is 14.7. The first-order valence-corrected chi connectivity index (χ1v) is 7.84. The van der Waals surface area contributed by atoms with Gasteiger partial charge in [0.25, 0.3) is 0 Å². The molecular formula is C16H24ClNO. The van der Waals surface area contributed by atoms with Crippen molar-refractivity contribution in [1.29, 1.82) is 0 Å². The fourth-order valence-electron chi connectivity index (χ4n) is 2.58. The number of rotatable bonds is 8. The molecule has 1 aromatic rings. The average molecular weight is 282 g/mol. The summed E-state index contributed by atoms with van der Waals surface area (Å²) in [4.78, 5) is 0. The molecule has 0 bridgehead atoms. The summed E-state index contributed by atoms with van der Waals surface area (Å²) in [6.07, 6.45) is 7.03. The van der Waals surface area contributed by atoms with Crippen LogP contribution in [0.1, 0.15) is 43.7 Å². The number of halogens is 1. The van der Waals surface area contributed by atoms with Crippen molar-refractivity contribution in [3.05, 3.63) is 28.3 Å². The minimum Gasteiger partial charge on any atom is -0.493 e. The number of aryl methyl sites for hydroxylation is 1. The summed E-state index contributed by atoms with van der Waals surface area (Å²) in [5, 5.41) is 4.29. The van der Waals surface area contributed by atoms with E-state index >= 15 is 0 Å². The highest BCUT2D eigenvalue weighted by Gasteiger charge is 2.16. The van der Waals surface area contributed by atoms with Gasteiger partial charge in [-0.1, -0.05) is 24.9 Å². The number of hydrogen-bond donors (Lipinski definition) is 1. The zero-order valence-electron chi connectivity index (χ0n) is 11.8. The third-order valence-electron chi connectivity index (χ3n) is 3.55. The van der Waals surface area contributed by atoms with Gasteiger partial charge < -0.3 is 10.1 Å². The first-order valence-electron chi connectivity index (χ1n) is 7.46. The highest BCUT2D eigenvalue weighted by molar-refractivity contribution is 6.30. The van der Waals surface area contributed by atoms with E-state index < -0.39 is 0 Å². The van der Waals surface area contributed by atoms with Crippen LogP contribution in [0.15, 0.2) is 12.1 Å². The van der Waals surface area contributed by atoms with Crippen LogP contribution in [0.4, 0.5) is 0 Å². The van der Waals surface area contributed by atoms with Crippen LogP contribution < -0.4 is 10.1 Å². The maximum Gasteiger partial charge on any atom is 0.125 e. The smallest absolute Gasteiger partial charge is 0.125 e. The van der Waals surface area contributed by atoms with Crippen molar-refractivity contribution in [2.75, 3.05) is 19.7 Å². The van der Waals surface area contributed by atoms with Gasteiger partial charge in [0.1, 0.15) is 5.75 Å². The Labute approximate surface area is 121 Å². The van der Waals surface area contributed by atoms with Crippen LogP contribution >= 0.6 is 11.6 Å². The highest BCUT2D eigenvalue weighted by Crippen LogP contribution is 2.33. The highest BCUT2D eigenvalue weighted by atomic mass is 35.5. The van der Waals surface area contributed by atoms with Crippen LogP contribution in [-0.2, 0) is 12.8 Å². The van der Waals surface area contributed by atoms with Crippen molar-refractivity contribution in [1.82, 2.24) is 5.32 Å². The van der Waals surface area contributed by atoms with Crippen LogP contribution in [0.5, 0.6) is 5.75 Å². The molecule has 0 radical (unpaired) electrons. The summed E-state index contributed by atoms with van der Waals surface area (Å²) in [6.45, 7) is 5.28. The molecule has 2 rings (SSSR count). The van der Waals surface area contributed by atoms with Crippen molar-refractivity contribution in [3.8, 4) is 5.75 Å². The van der Waals surface area contributed by atoms with E-state index in [1.807, 2.05) is 6.07 Å². The average Bonchev–Trinajstić information content (AvgIpc) is 2.85. The molecular weight excluding hydrogens is 258 g/mol. The molecule has 0 aromatic heterocycles. The molecule has 0 unspecified atom stereocenters. The van der Waals surface area contributed by atoms with Crippen molar-refractivity contribution < 1.29 is 4.74 Å². The molecule has 1 aliphatic rings. The van der Waals surface area contributed by atoms with E-state index in [4.69, 9.17) is 16.3 Å². The van der Waals surface area contributed by atoms with E-state index in [-0.39, 0.29) is 0 Å². The van der Waals surface area contributed by atoms with E-state index in [1.165, 1.54) is 36.8 Å². The Morgan fingerprint density at radius 2 is 2.11 bits per heavy atom. The van der Waals surface area contributed by atoms with E-state index in [2.05, 4.69) is 18.3 Å². The summed E-state index contributed by atoms with van der Waals surface area (Å²) in [5.41, 5.74) is 2.58. The standard InChI is InChI=1S/C16H24ClNO/c1-2-8-18-9-5-3-4-6-13-11-15(17)12-14-7-10-19-16(13)14/h11-12,18H,2-10H2,1H3. The van der Waals surface area contributed by atoms with Gasteiger partial charge in [0, 0.05) is 11.4 Å². The van der Waals surface area contributed by atoms with Gasteiger partial charge in [0.15, 0.2) is 0 Å². The fourth-order valence-corrected chi connectivity index (χ4v) is 2.84. The molecule has 0 atom stereocenters. The minimum atomic E-state index is 0.809. The second-order valence-corrected chi connectivity index (χ2v) is 5.65. The van der Waals surface area contributed by atoms with E-state index in [1.54, 1.807) is 0 Å². The molecule has 0 amide bonds. The van der Waals surface area contributed by atoms with Gasteiger partial charge in [-0.3, -0.25) is 0 Å². The summed E-state index contributed by atoms with van der Waals surface area (Å²) in [7, 11) is 0. The maximum atomic E-state index is 6.16. The van der Waals surface area contributed by atoms with Crippen LogP contribution in [0.25, 0.3) is 0 Å². The third kappa shape index (κ3) is 4.39. The lowest BCUT2D eigenvalue weighted by Crippen LogP contribution is -2.15. The molecule has 1 heterocycles. The van der Waals surface area contributed by atoms with Crippen molar-refractivity contribution in [3.63, 3.8) is 0 Å². The Morgan fingerprint density at radius 1 is 1.21 bits per heavy atom. The quantitative estimate of drug-likeness (QED) is 0.728. The molecule has 0 saturated heterocycles. The summed E-state index contributed by atoms with van der Waals surface area (Å²) in [6, 6.07) is 4.11. The number of benzene rings is 1. The Balaban J connectivity index is 1.74. The van der Waals surface area contributed by atoms with Crippen molar-refractivity contribution in [2.45, 2.75) is 45.4 Å². The summed E-state index contributed by atoms with van der Waals surface area (Å²) < 4.78 is 5.72. The Bertz CT molecular complexity index is 406.